The van der Waals surface area contributed by atoms with Crippen molar-refractivity contribution in [2.24, 2.45) is 0 Å². The minimum absolute atomic E-state index is 0.203. The number of carbonyl (C=O) groups excluding carboxylic acids is 2. The van der Waals surface area contributed by atoms with Crippen molar-refractivity contribution in [2.45, 2.75) is 39.8 Å². The molecule has 0 aromatic heterocycles. The number of halogens is 3. The molecule has 0 spiro atoms. The van der Waals surface area contributed by atoms with Crippen molar-refractivity contribution in [3.63, 3.8) is 0 Å². The molecule has 1 N–H and O–H groups in total. The number of ether oxygens (including phenoxy) is 1. The molecule has 162 valence electrons. The zero-order valence-corrected chi connectivity index (χ0v) is 19.4. The van der Waals surface area contributed by atoms with Gasteiger partial charge in [-0.1, -0.05) is 47.8 Å². The second-order valence-electron chi connectivity index (χ2n) is 6.79. The number of benzene rings is 2. The first-order valence-electron chi connectivity index (χ1n) is 9.66. The predicted molar refractivity (Wildman–Crippen MR) is 121 cm³/mol. The summed E-state index contributed by atoms with van der Waals surface area (Å²) in [5.41, 5.74) is 1.62. The maximum Gasteiger partial charge on any atom is 0.261 e. The maximum atomic E-state index is 13.1. The Morgan fingerprint density at radius 2 is 1.73 bits per heavy atom. The summed E-state index contributed by atoms with van der Waals surface area (Å²) in [6.45, 7) is 6.02. The Labute approximate surface area is 192 Å². The van der Waals surface area contributed by atoms with Gasteiger partial charge in [0.1, 0.15) is 11.8 Å². The van der Waals surface area contributed by atoms with Crippen LogP contribution in [-0.2, 0) is 16.1 Å². The summed E-state index contributed by atoms with van der Waals surface area (Å²) in [7, 11) is 0. The fraction of sp³-hybridized carbons (Fsp3) is 0.364. The molecular formula is C22H25Cl3N2O3. The Balaban J connectivity index is 2.23. The molecule has 0 heterocycles. The highest BCUT2D eigenvalue weighted by Gasteiger charge is 2.28. The van der Waals surface area contributed by atoms with Crippen LogP contribution < -0.4 is 10.1 Å². The molecule has 0 aliphatic rings. The number of amides is 2. The molecule has 30 heavy (non-hydrogen) atoms. The molecule has 0 saturated heterocycles. The smallest absolute Gasteiger partial charge is 0.261 e. The second-order valence-corrected chi connectivity index (χ2v) is 8.01. The van der Waals surface area contributed by atoms with Crippen molar-refractivity contribution in [3.05, 3.63) is 62.6 Å². The van der Waals surface area contributed by atoms with Gasteiger partial charge < -0.3 is 15.0 Å². The van der Waals surface area contributed by atoms with Crippen molar-refractivity contribution >= 4 is 46.6 Å². The van der Waals surface area contributed by atoms with Gasteiger partial charge in [-0.05, 0) is 61.7 Å². The topological polar surface area (TPSA) is 58.6 Å². The Morgan fingerprint density at radius 3 is 2.33 bits per heavy atom. The highest BCUT2D eigenvalue weighted by molar-refractivity contribution is 6.42. The number of nitrogens with one attached hydrogen (secondary N) is 1. The number of hydrogen-bond acceptors (Lipinski definition) is 3. The molecule has 2 aromatic carbocycles. The van der Waals surface area contributed by atoms with E-state index in [4.69, 9.17) is 39.5 Å². The third kappa shape index (κ3) is 6.53. The van der Waals surface area contributed by atoms with Crippen LogP contribution in [0.25, 0.3) is 0 Å². The summed E-state index contributed by atoms with van der Waals surface area (Å²) in [5, 5.41) is 4.23. The number of hydrogen-bond donors (Lipinski definition) is 1. The molecule has 0 unspecified atom stereocenters. The Bertz CT molecular complexity index is 905. The molecule has 1 atom stereocenters. The van der Waals surface area contributed by atoms with Crippen molar-refractivity contribution < 1.29 is 14.3 Å². The molecule has 0 aliphatic heterocycles. The number of aryl methyl sites for hydroxylation is 1. The number of likely N-dealkylation sites (N-methyl/N-ethyl adjacent to an activating group) is 1. The molecule has 0 radical (unpaired) electrons. The van der Waals surface area contributed by atoms with Crippen LogP contribution in [0.4, 0.5) is 0 Å². The van der Waals surface area contributed by atoms with Gasteiger partial charge in [-0.3, -0.25) is 9.59 Å². The van der Waals surface area contributed by atoms with Crippen LogP contribution in [0.1, 0.15) is 31.4 Å². The first kappa shape index (κ1) is 24.3. The lowest BCUT2D eigenvalue weighted by molar-refractivity contribution is -0.142. The summed E-state index contributed by atoms with van der Waals surface area (Å²) in [6, 6.07) is 9.69. The van der Waals surface area contributed by atoms with E-state index in [1.54, 1.807) is 36.4 Å². The number of rotatable bonds is 9. The van der Waals surface area contributed by atoms with Crippen molar-refractivity contribution in [1.29, 1.82) is 0 Å². The lowest BCUT2D eigenvalue weighted by atomic mass is 10.1. The first-order valence-corrected chi connectivity index (χ1v) is 10.8. The van der Waals surface area contributed by atoms with Gasteiger partial charge in [0.05, 0.1) is 10.0 Å². The summed E-state index contributed by atoms with van der Waals surface area (Å²) >= 11 is 18.2. The molecular weight excluding hydrogens is 447 g/mol. The van der Waals surface area contributed by atoms with Gasteiger partial charge >= 0.3 is 0 Å². The molecule has 0 bridgehead atoms. The predicted octanol–water partition coefficient (Wildman–Crippen LogP) is 5.28. The van der Waals surface area contributed by atoms with Crippen LogP contribution >= 0.6 is 34.8 Å². The zero-order valence-electron chi connectivity index (χ0n) is 17.2. The summed E-state index contributed by atoms with van der Waals surface area (Å²) in [5.74, 6) is 0.00771. The van der Waals surface area contributed by atoms with Gasteiger partial charge in [0.25, 0.3) is 5.91 Å². The average Bonchev–Trinajstić information content (AvgIpc) is 2.71. The quantitative estimate of drug-likeness (QED) is 0.541. The van der Waals surface area contributed by atoms with E-state index in [0.29, 0.717) is 33.8 Å². The minimum atomic E-state index is -0.637. The molecule has 8 heteroatoms. The van der Waals surface area contributed by atoms with E-state index in [2.05, 4.69) is 5.32 Å². The van der Waals surface area contributed by atoms with E-state index in [-0.39, 0.29) is 25.0 Å². The lowest BCUT2D eigenvalue weighted by Gasteiger charge is -2.30. The third-order valence-corrected chi connectivity index (χ3v) is 5.73. The summed E-state index contributed by atoms with van der Waals surface area (Å²) < 4.78 is 5.67. The van der Waals surface area contributed by atoms with Crippen LogP contribution in [-0.4, -0.2) is 35.9 Å². The fourth-order valence-electron chi connectivity index (χ4n) is 2.98. The first-order chi connectivity index (χ1) is 14.3. The third-order valence-electron chi connectivity index (χ3n) is 4.57. The van der Waals surface area contributed by atoms with Gasteiger partial charge in [-0.15, -0.1) is 0 Å². The standard InChI is InChI=1S/C22H25Cl3N2O3/c1-4-20(22(29)26-5-2)27(12-15-6-8-18(24)19(25)11-15)21(28)13-30-16-7-9-17(23)14(3)10-16/h6-11,20H,4-5,12-13H2,1-3H3,(H,26,29)/t20-/m1/s1. The van der Waals surface area contributed by atoms with Crippen molar-refractivity contribution in [1.82, 2.24) is 10.2 Å². The second kappa shape index (κ2) is 11.4. The number of nitrogens with zero attached hydrogens (tertiary/aromatic N) is 1. The number of carbonyl (C=O) groups is 2. The van der Waals surface area contributed by atoms with Crippen LogP contribution in [0, 0.1) is 6.92 Å². The van der Waals surface area contributed by atoms with E-state index in [1.165, 1.54) is 4.90 Å². The molecule has 0 saturated carbocycles. The van der Waals surface area contributed by atoms with E-state index in [1.807, 2.05) is 20.8 Å². The lowest BCUT2D eigenvalue weighted by Crippen LogP contribution is -2.50. The minimum Gasteiger partial charge on any atom is -0.484 e. The van der Waals surface area contributed by atoms with Crippen molar-refractivity contribution in [3.8, 4) is 5.75 Å². The fourth-order valence-corrected chi connectivity index (χ4v) is 3.42. The molecule has 2 rings (SSSR count). The monoisotopic (exact) mass is 470 g/mol. The SMILES string of the molecule is CCNC(=O)[C@@H](CC)N(Cc1ccc(Cl)c(Cl)c1)C(=O)COc1ccc(Cl)c(C)c1. The molecule has 2 aromatic rings. The molecule has 0 fully saturated rings. The molecule has 0 aliphatic carbocycles. The van der Waals surface area contributed by atoms with Crippen LogP contribution in [0.15, 0.2) is 36.4 Å². The molecule has 2 amide bonds. The van der Waals surface area contributed by atoms with Crippen LogP contribution in [0.3, 0.4) is 0 Å². The normalized spacial score (nSPS) is 11.7. The molecule has 5 nitrogen and oxygen atoms in total. The van der Waals surface area contributed by atoms with Gasteiger partial charge in [-0.2, -0.15) is 0 Å². The average molecular weight is 472 g/mol. The Hall–Kier alpha value is -1.95. The van der Waals surface area contributed by atoms with Gasteiger partial charge in [0.15, 0.2) is 6.61 Å². The zero-order chi connectivity index (χ0) is 22.3. The van der Waals surface area contributed by atoms with Gasteiger partial charge in [-0.25, -0.2) is 0 Å². The van der Waals surface area contributed by atoms with Crippen LogP contribution in [0.2, 0.25) is 15.1 Å². The Morgan fingerprint density at radius 1 is 1.03 bits per heavy atom. The summed E-state index contributed by atoms with van der Waals surface area (Å²) in [6.07, 6.45) is 0.457. The van der Waals surface area contributed by atoms with Crippen LogP contribution in [0.5, 0.6) is 5.75 Å². The van der Waals surface area contributed by atoms with Gasteiger partial charge in [0, 0.05) is 18.1 Å². The summed E-state index contributed by atoms with van der Waals surface area (Å²) in [4.78, 5) is 27.2. The highest BCUT2D eigenvalue weighted by Crippen LogP contribution is 2.25. The van der Waals surface area contributed by atoms with E-state index in [9.17, 15) is 9.59 Å². The van der Waals surface area contributed by atoms with Gasteiger partial charge in [0.2, 0.25) is 5.91 Å². The largest absolute Gasteiger partial charge is 0.484 e. The maximum absolute atomic E-state index is 13.1. The van der Waals surface area contributed by atoms with E-state index < -0.39 is 6.04 Å². The highest BCUT2D eigenvalue weighted by atomic mass is 35.5. The van der Waals surface area contributed by atoms with Crippen molar-refractivity contribution in [2.75, 3.05) is 13.2 Å². The Kier molecular flexibility index (Phi) is 9.28. The van der Waals surface area contributed by atoms with E-state index in [0.717, 1.165) is 11.1 Å². The van der Waals surface area contributed by atoms with E-state index >= 15 is 0 Å².